The van der Waals surface area contributed by atoms with Crippen molar-refractivity contribution in [1.29, 1.82) is 0 Å². The Morgan fingerprint density at radius 2 is 1.64 bits per heavy atom. The first kappa shape index (κ1) is 28.7. The topological polar surface area (TPSA) is 108 Å². The van der Waals surface area contributed by atoms with Gasteiger partial charge in [-0.15, -0.1) is 0 Å². The van der Waals surface area contributed by atoms with E-state index in [4.69, 9.17) is 4.74 Å². The summed E-state index contributed by atoms with van der Waals surface area (Å²) in [4.78, 5) is 41.6. The number of aromatic hydroxyl groups is 1. The second-order valence-electron chi connectivity index (χ2n) is 10.2. The fourth-order valence-corrected chi connectivity index (χ4v) is 3.78. The van der Waals surface area contributed by atoms with Gasteiger partial charge in [-0.3, -0.25) is 9.59 Å². The van der Waals surface area contributed by atoms with Crippen LogP contribution >= 0.6 is 0 Å². The molecule has 0 aliphatic carbocycles. The van der Waals surface area contributed by atoms with Crippen molar-refractivity contribution >= 4 is 23.6 Å². The zero-order valence-corrected chi connectivity index (χ0v) is 22.3. The number of amides is 3. The number of carbonyl (C=O) groups is 3. The average Bonchev–Trinajstić information content (AvgIpc) is 2.78. The van der Waals surface area contributed by atoms with Crippen molar-refractivity contribution in [2.45, 2.75) is 72.6 Å². The number of anilines is 1. The van der Waals surface area contributed by atoms with E-state index in [9.17, 15) is 19.5 Å². The van der Waals surface area contributed by atoms with Crippen molar-refractivity contribution in [3.8, 4) is 5.75 Å². The number of phenolic OH excluding ortho intramolecular Hbond substituents is 1. The van der Waals surface area contributed by atoms with E-state index < -0.39 is 35.6 Å². The molecule has 0 bridgehead atoms. The van der Waals surface area contributed by atoms with Crippen molar-refractivity contribution in [3.63, 3.8) is 0 Å². The summed E-state index contributed by atoms with van der Waals surface area (Å²) in [6.07, 6.45) is -0.105. The monoisotopic (exact) mass is 497 g/mol. The van der Waals surface area contributed by atoms with Gasteiger partial charge in [-0.1, -0.05) is 51.1 Å². The fourth-order valence-electron chi connectivity index (χ4n) is 3.78. The zero-order chi connectivity index (χ0) is 27.0. The number of hydrogen-bond acceptors (Lipinski definition) is 5. The van der Waals surface area contributed by atoms with Crippen LogP contribution in [0, 0.1) is 12.8 Å². The van der Waals surface area contributed by atoms with Gasteiger partial charge in [0.05, 0.1) is 0 Å². The molecule has 196 valence electrons. The van der Waals surface area contributed by atoms with E-state index in [2.05, 4.69) is 10.6 Å². The number of para-hydroxylation sites is 1. The summed E-state index contributed by atoms with van der Waals surface area (Å²) >= 11 is 0. The smallest absolute Gasteiger partial charge is 0.408 e. The lowest BCUT2D eigenvalue weighted by molar-refractivity contribution is -0.141. The van der Waals surface area contributed by atoms with Crippen LogP contribution in [0.5, 0.6) is 5.75 Å². The lowest BCUT2D eigenvalue weighted by Crippen LogP contribution is -2.54. The third-order valence-electron chi connectivity index (χ3n) is 5.52. The molecule has 2 rings (SSSR count). The maximum Gasteiger partial charge on any atom is 0.408 e. The van der Waals surface area contributed by atoms with E-state index >= 15 is 0 Å². The molecular formula is C28H39N3O5. The molecule has 2 aromatic carbocycles. The minimum atomic E-state index is -0.987. The molecular weight excluding hydrogens is 458 g/mol. The number of rotatable bonds is 9. The number of hydrogen-bond donors (Lipinski definition) is 3. The van der Waals surface area contributed by atoms with Gasteiger partial charge in [-0.25, -0.2) is 4.79 Å². The molecule has 0 fully saturated rings. The molecule has 0 heterocycles. The molecule has 36 heavy (non-hydrogen) atoms. The predicted octanol–water partition coefficient (Wildman–Crippen LogP) is 5.17. The normalized spacial score (nSPS) is 13.0. The molecule has 2 aromatic rings. The van der Waals surface area contributed by atoms with Crippen molar-refractivity contribution in [2.75, 3.05) is 11.9 Å². The van der Waals surface area contributed by atoms with Crippen LogP contribution in [0.3, 0.4) is 0 Å². The molecule has 8 nitrogen and oxygen atoms in total. The molecule has 2 unspecified atom stereocenters. The highest BCUT2D eigenvalue weighted by molar-refractivity contribution is 5.99. The maximum absolute atomic E-state index is 13.9. The van der Waals surface area contributed by atoms with E-state index in [0.717, 1.165) is 5.56 Å². The summed E-state index contributed by atoms with van der Waals surface area (Å²) < 4.78 is 5.38. The highest BCUT2D eigenvalue weighted by Gasteiger charge is 2.37. The highest BCUT2D eigenvalue weighted by Crippen LogP contribution is 2.27. The highest BCUT2D eigenvalue weighted by atomic mass is 16.6. The number of benzene rings is 2. The number of nitrogens with zero attached hydrogens (tertiary/aromatic N) is 1. The Morgan fingerprint density at radius 3 is 2.17 bits per heavy atom. The summed E-state index contributed by atoms with van der Waals surface area (Å²) in [5.74, 6) is -0.992. The van der Waals surface area contributed by atoms with Crippen LogP contribution in [0.2, 0.25) is 0 Å². The molecule has 0 radical (unpaired) electrons. The van der Waals surface area contributed by atoms with Gasteiger partial charge < -0.3 is 25.4 Å². The Labute approximate surface area is 214 Å². The maximum atomic E-state index is 13.9. The quantitative estimate of drug-likeness (QED) is 0.443. The van der Waals surface area contributed by atoms with Crippen LogP contribution in [-0.2, 0) is 14.3 Å². The molecule has 0 aliphatic rings. The lowest BCUT2D eigenvalue weighted by Gasteiger charge is -2.35. The van der Waals surface area contributed by atoms with Crippen LogP contribution in [0.15, 0.2) is 48.5 Å². The van der Waals surface area contributed by atoms with Gasteiger partial charge in [-0.2, -0.15) is 0 Å². The van der Waals surface area contributed by atoms with Gasteiger partial charge in [0.2, 0.25) is 5.91 Å². The summed E-state index contributed by atoms with van der Waals surface area (Å²) in [6, 6.07) is 11.7. The van der Waals surface area contributed by atoms with Crippen LogP contribution < -0.4 is 10.6 Å². The van der Waals surface area contributed by atoms with Crippen molar-refractivity contribution in [1.82, 2.24) is 10.2 Å². The minimum absolute atomic E-state index is 0.0526. The predicted molar refractivity (Wildman–Crippen MR) is 141 cm³/mol. The summed E-state index contributed by atoms with van der Waals surface area (Å²) in [5, 5.41) is 15.5. The van der Waals surface area contributed by atoms with Crippen LogP contribution in [0.4, 0.5) is 10.5 Å². The fraction of sp³-hybridized carbons (Fsp3) is 0.464. The average molecular weight is 498 g/mol. The number of carbonyl (C=O) groups excluding carboxylic acids is 3. The molecule has 3 amide bonds. The van der Waals surface area contributed by atoms with Crippen LogP contribution in [0.25, 0.3) is 0 Å². The molecule has 0 aromatic heterocycles. The number of ether oxygens (including phenoxy) is 1. The van der Waals surface area contributed by atoms with Gasteiger partial charge in [0.15, 0.2) is 0 Å². The first-order chi connectivity index (χ1) is 16.8. The molecule has 0 saturated carbocycles. The zero-order valence-electron chi connectivity index (χ0n) is 22.3. The Bertz CT molecular complexity index is 1040. The molecule has 0 spiro atoms. The summed E-state index contributed by atoms with van der Waals surface area (Å²) in [6.45, 7) is 13.0. The van der Waals surface area contributed by atoms with E-state index in [0.29, 0.717) is 17.7 Å². The van der Waals surface area contributed by atoms with E-state index in [1.54, 1.807) is 39.0 Å². The van der Waals surface area contributed by atoms with Gasteiger partial charge >= 0.3 is 6.09 Å². The molecule has 0 saturated heterocycles. The van der Waals surface area contributed by atoms with Crippen LogP contribution in [-0.4, -0.2) is 46.1 Å². The first-order valence-corrected chi connectivity index (χ1v) is 12.3. The largest absolute Gasteiger partial charge is 0.508 e. The number of phenols is 1. The van der Waals surface area contributed by atoms with Gasteiger partial charge in [0.1, 0.15) is 23.4 Å². The standard InChI is InChI=1S/C28H39N3O5/c1-8-17-31(26(34)23(18(2)3)30-27(35)36-28(5,6)7)24(20-13-15-21(32)16-14-20)25(33)29-22-12-10-9-11-19(22)4/h9-16,18,23-24,32H,8,17H2,1-7H3,(H,29,33)(H,30,35). The van der Waals surface area contributed by atoms with E-state index in [-0.39, 0.29) is 18.2 Å². The first-order valence-electron chi connectivity index (χ1n) is 12.3. The lowest BCUT2D eigenvalue weighted by atomic mass is 9.98. The summed E-state index contributed by atoms with van der Waals surface area (Å²) in [5.41, 5.74) is 1.35. The number of aryl methyl sites for hydroxylation is 1. The second kappa shape index (κ2) is 12.4. The second-order valence-corrected chi connectivity index (χ2v) is 10.2. The number of alkyl carbamates (subject to hydrolysis) is 1. The van der Waals surface area contributed by atoms with Crippen molar-refractivity contribution in [2.24, 2.45) is 5.92 Å². The van der Waals surface area contributed by atoms with Crippen molar-refractivity contribution in [3.05, 3.63) is 59.7 Å². The Hall–Kier alpha value is -3.55. The number of nitrogens with one attached hydrogen (secondary N) is 2. The third kappa shape index (κ3) is 8.00. The van der Waals surface area contributed by atoms with Gasteiger partial charge in [0, 0.05) is 12.2 Å². The van der Waals surface area contributed by atoms with Gasteiger partial charge in [-0.05, 0) is 69.4 Å². The van der Waals surface area contributed by atoms with Crippen molar-refractivity contribution < 1.29 is 24.2 Å². The Balaban J connectivity index is 2.48. The Morgan fingerprint density at radius 1 is 1.03 bits per heavy atom. The molecule has 0 aliphatic heterocycles. The molecule has 3 N–H and O–H groups in total. The minimum Gasteiger partial charge on any atom is -0.508 e. The molecule has 2 atom stereocenters. The Kier molecular flexibility index (Phi) is 9.90. The summed E-state index contributed by atoms with van der Waals surface area (Å²) in [7, 11) is 0. The van der Waals surface area contributed by atoms with Crippen LogP contribution in [0.1, 0.15) is 65.1 Å². The third-order valence-corrected chi connectivity index (χ3v) is 5.52. The van der Waals surface area contributed by atoms with E-state index in [1.807, 2.05) is 45.9 Å². The van der Waals surface area contributed by atoms with Gasteiger partial charge in [0.25, 0.3) is 5.91 Å². The van der Waals surface area contributed by atoms with E-state index in [1.165, 1.54) is 17.0 Å². The SMILES string of the molecule is CCCN(C(=O)C(NC(=O)OC(C)(C)C)C(C)C)C(C(=O)Nc1ccccc1C)c1ccc(O)cc1. The molecule has 8 heteroatoms.